The Kier molecular flexibility index (Phi) is 53.1. The third-order valence-corrected chi connectivity index (χ3v) is 13.4. The third-order valence-electron chi connectivity index (χ3n) is 13.4. The second-order valence-electron chi connectivity index (χ2n) is 20.3. The van der Waals surface area contributed by atoms with Crippen molar-refractivity contribution in [2.45, 2.75) is 228 Å². The number of hydrogen-bond acceptors (Lipinski definition) is 16. The Labute approximate surface area is 495 Å². The molecule has 1 fully saturated rings. The summed E-state index contributed by atoms with van der Waals surface area (Å²) in [5.41, 5.74) is 5.14. The molecule has 0 bridgehead atoms. The number of carboxylic acid groups (broad SMARTS) is 3. The van der Waals surface area contributed by atoms with Crippen molar-refractivity contribution < 1.29 is 72.9 Å². The molecule has 482 valence electrons. The largest absolute Gasteiger partial charge is 0.480 e. The van der Waals surface area contributed by atoms with Crippen molar-refractivity contribution in [1.82, 2.24) is 46.3 Å². The first-order valence-corrected chi connectivity index (χ1v) is 30.5. The molecule has 25 nitrogen and oxygen atoms in total. The Balaban J connectivity index is -0.00000111. The fourth-order valence-corrected chi connectivity index (χ4v) is 8.35. The van der Waals surface area contributed by atoms with Crippen molar-refractivity contribution >= 4 is 65.2 Å². The summed E-state index contributed by atoms with van der Waals surface area (Å²) in [6.07, 6.45) is 14.0. The number of unbranched alkanes of at least 4 members (excludes halogenated alkanes) is 6. The van der Waals surface area contributed by atoms with Crippen LogP contribution in [-0.2, 0) is 57.6 Å². The fourth-order valence-electron chi connectivity index (χ4n) is 8.35. The van der Waals surface area contributed by atoms with Crippen LogP contribution in [0.15, 0.2) is 0 Å². The Morgan fingerprint density at radius 3 is 1.06 bits per heavy atom. The van der Waals surface area contributed by atoms with E-state index in [4.69, 9.17) is 20.8 Å². The van der Waals surface area contributed by atoms with Gasteiger partial charge < -0.3 is 62.3 Å². The van der Waals surface area contributed by atoms with Crippen LogP contribution in [0, 0.1) is 0 Å². The standard InChI is InChI=1S/C18H31N3O8.C18H31N3O5.C18H37N3O2.C4H11N/c1-2-3-9-19-14(22)7-8-15(23)20-10-5-4-6-13(18(28)29)21(11-16(24)25)12-17(26)27;1-4-20(5-2)14(3)8-6-7-13-19-15(22)9-12-18(25)26-21-16(23)10-11-17(21)24;1-5-8-14-19-17(22)12-13-18(23)20-15-10-9-11-16(4)21(6-2)7-3;1-2-3-4-5/h13H,2-12H2,1H3,(H,19,22)(H,20,23)(H,24,25)(H,26,27)(H,28,29);14H,4-13H2,1-3H3,(H,19,22);16H,5-15H2,1-4H3,(H,19,22)(H,20,23);2-5H2,1H3. The zero-order valence-corrected chi connectivity index (χ0v) is 52.1. The van der Waals surface area contributed by atoms with Gasteiger partial charge in [0, 0.05) is 89.8 Å². The minimum atomic E-state index is -1.32. The zero-order valence-electron chi connectivity index (χ0n) is 52.1. The molecule has 1 aliphatic heterocycles. The van der Waals surface area contributed by atoms with E-state index < -0.39 is 54.8 Å². The molecule has 1 saturated heterocycles. The molecule has 1 aliphatic rings. The van der Waals surface area contributed by atoms with Gasteiger partial charge in [-0.05, 0) is 111 Å². The minimum absolute atomic E-state index is 0.0209. The fraction of sp³-hybridized carbons (Fsp3) is 0.810. The first kappa shape index (κ1) is 81.4. The van der Waals surface area contributed by atoms with E-state index >= 15 is 0 Å². The molecule has 83 heavy (non-hydrogen) atoms. The smallest absolute Gasteiger partial charge is 0.333 e. The molecule has 0 aliphatic carbocycles. The van der Waals surface area contributed by atoms with Crippen LogP contribution in [0.1, 0.15) is 210 Å². The van der Waals surface area contributed by atoms with Gasteiger partial charge in [0.25, 0.3) is 11.8 Å². The van der Waals surface area contributed by atoms with E-state index in [2.05, 4.69) is 91.8 Å². The summed E-state index contributed by atoms with van der Waals surface area (Å²) in [7, 11) is 0. The number of carbonyl (C=O) groups is 11. The molecule has 7 amide bonds. The van der Waals surface area contributed by atoms with Crippen LogP contribution in [0.4, 0.5) is 0 Å². The second-order valence-corrected chi connectivity index (χ2v) is 20.3. The van der Waals surface area contributed by atoms with Gasteiger partial charge >= 0.3 is 23.9 Å². The van der Waals surface area contributed by atoms with E-state index in [-0.39, 0.29) is 93.9 Å². The molecular weight excluding hydrogens is 1080 g/mol. The lowest BCUT2D eigenvalue weighted by Gasteiger charge is -2.26. The number of carboxylic acids is 3. The highest BCUT2D eigenvalue weighted by atomic mass is 16.7. The maximum absolute atomic E-state index is 11.7. The molecule has 0 aromatic rings. The predicted molar refractivity (Wildman–Crippen MR) is 318 cm³/mol. The van der Waals surface area contributed by atoms with Gasteiger partial charge in [0.1, 0.15) is 6.04 Å². The number of nitrogens with two attached hydrogens (primary N) is 1. The van der Waals surface area contributed by atoms with E-state index in [1.165, 1.54) is 12.8 Å². The van der Waals surface area contributed by atoms with E-state index in [0.717, 1.165) is 102 Å². The molecule has 3 atom stereocenters. The van der Waals surface area contributed by atoms with Crippen LogP contribution in [0.25, 0.3) is 0 Å². The molecule has 3 unspecified atom stereocenters. The number of hydrogen-bond donors (Lipinski definition) is 9. The van der Waals surface area contributed by atoms with Gasteiger partial charge in [0.15, 0.2) is 0 Å². The van der Waals surface area contributed by atoms with Crippen LogP contribution in [-0.4, -0.2) is 197 Å². The van der Waals surface area contributed by atoms with Crippen LogP contribution in [0.5, 0.6) is 0 Å². The number of nitrogens with zero attached hydrogens (tertiary/aromatic N) is 4. The molecule has 1 rings (SSSR count). The summed E-state index contributed by atoms with van der Waals surface area (Å²) in [5.74, 6) is -6.49. The molecule has 25 heteroatoms. The molecule has 0 aromatic heterocycles. The zero-order chi connectivity index (χ0) is 63.4. The monoisotopic (exact) mass is 1190 g/mol. The summed E-state index contributed by atoms with van der Waals surface area (Å²) in [5, 5.41) is 41.3. The normalized spacial score (nSPS) is 12.8. The van der Waals surface area contributed by atoms with E-state index in [1.54, 1.807) is 0 Å². The van der Waals surface area contributed by atoms with Gasteiger partial charge in [0.2, 0.25) is 29.5 Å². The van der Waals surface area contributed by atoms with E-state index in [0.29, 0.717) is 56.2 Å². The van der Waals surface area contributed by atoms with Gasteiger partial charge in [-0.3, -0.25) is 52.8 Å². The number of carbonyl (C=O) groups excluding carboxylic acids is 8. The molecule has 0 aromatic carbocycles. The molecule has 0 radical (unpaired) electrons. The Morgan fingerprint density at radius 1 is 0.470 bits per heavy atom. The van der Waals surface area contributed by atoms with Gasteiger partial charge in [-0.2, -0.15) is 0 Å². The van der Waals surface area contributed by atoms with E-state index in [1.807, 2.05) is 6.92 Å². The first-order chi connectivity index (χ1) is 39.5. The van der Waals surface area contributed by atoms with Gasteiger partial charge in [-0.25, -0.2) is 4.79 Å². The lowest BCUT2D eigenvalue weighted by atomic mass is 10.1. The summed E-state index contributed by atoms with van der Waals surface area (Å²) in [6, 6.07) is -0.108. The Bertz CT molecular complexity index is 1800. The van der Waals surface area contributed by atoms with Crippen LogP contribution < -0.4 is 32.3 Å². The molecule has 10 N–H and O–H groups in total. The van der Waals surface area contributed by atoms with Gasteiger partial charge in [0.05, 0.1) is 19.5 Å². The first-order valence-electron chi connectivity index (χ1n) is 30.5. The van der Waals surface area contributed by atoms with Crippen LogP contribution >= 0.6 is 0 Å². The van der Waals surface area contributed by atoms with E-state index in [9.17, 15) is 57.8 Å². The van der Waals surface area contributed by atoms with Crippen molar-refractivity contribution in [1.29, 1.82) is 0 Å². The van der Waals surface area contributed by atoms with Crippen molar-refractivity contribution in [3.05, 3.63) is 0 Å². The van der Waals surface area contributed by atoms with Crippen molar-refractivity contribution in [3.8, 4) is 0 Å². The highest BCUT2D eigenvalue weighted by Crippen LogP contribution is 2.14. The average molecular weight is 1190 g/mol. The molecule has 0 spiro atoms. The summed E-state index contributed by atoms with van der Waals surface area (Å²) >= 11 is 0. The number of hydroxylamine groups is 2. The maximum atomic E-state index is 11.7. The van der Waals surface area contributed by atoms with Crippen molar-refractivity contribution in [2.24, 2.45) is 5.73 Å². The molecule has 1 heterocycles. The lowest BCUT2D eigenvalue weighted by molar-refractivity contribution is -0.197. The van der Waals surface area contributed by atoms with Crippen molar-refractivity contribution in [2.75, 3.05) is 78.5 Å². The number of imide groups is 1. The summed E-state index contributed by atoms with van der Waals surface area (Å²) < 4.78 is 0. The number of aliphatic carboxylic acids is 3. The number of amides is 7. The SMILES string of the molecule is CCCCN.CCCCNC(=O)CCC(=O)NCCCCC(C(=O)O)N(CC(=O)O)CC(=O)O.CCCCNC(=O)CCC(=O)NCCCCC(C)N(CC)CC.CCN(CC)C(C)CCCCNC(=O)CCC(=O)ON1C(=O)CCC1=O. The van der Waals surface area contributed by atoms with Crippen LogP contribution in [0.3, 0.4) is 0 Å². The average Bonchev–Trinajstić information content (AvgIpc) is 3.94. The van der Waals surface area contributed by atoms with Gasteiger partial charge in [-0.15, -0.1) is 5.06 Å². The highest BCUT2D eigenvalue weighted by molar-refractivity contribution is 6.01. The summed E-state index contributed by atoms with van der Waals surface area (Å²) in [6.45, 7) is 26.0. The number of nitrogens with one attached hydrogen (secondary N) is 5. The minimum Gasteiger partial charge on any atom is -0.480 e. The van der Waals surface area contributed by atoms with Crippen LogP contribution in [0.2, 0.25) is 0 Å². The molecule has 0 saturated carbocycles. The van der Waals surface area contributed by atoms with Crippen molar-refractivity contribution in [3.63, 3.8) is 0 Å². The second kappa shape index (κ2) is 54.2. The Morgan fingerprint density at radius 2 is 0.783 bits per heavy atom. The highest BCUT2D eigenvalue weighted by Gasteiger charge is 2.33. The predicted octanol–water partition coefficient (Wildman–Crippen LogP) is 4.73. The lowest BCUT2D eigenvalue weighted by Crippen LogP contribution is -2.46. The molecular formula is C58H110N10O15. The number of rotatable bonds is 45. The third kappa shape index (κ3) is 47.3. The summed E-state index contributed by atoms with van der Waals surface area (Å²) in [4.78, 5) is 136. The van der Waals surface area contributed by atoms with Gasteiger partial charge in [-0.1, -0.05) is 80.6 Å². The quantitative estimate of drug-likeness (QED) is 0.0294. The maximum Gasteiger partial charge on any atom is 0.333 e. The Hall–Kier alpha value is -5.79. The topological polar surface area (TPSA) is 357 Å².